The number of benzene rings is 1. The lowest BCUT2D eigenvalue weighted by molar-refractivity contribution is 0.0685. The van der Waals surface area contributed by atoms with E-state index in [4.69, 9.17) is 9.52 Å². The summed E-state index contributed by atoms with van der Waals surface area (Å²) in [4.78, 5) is 13.3. The van der Waals surface area contributed by atoms with E-state index in [2.05, 4.69) is 17.0 Å². The van der Waals surface area contributed by atoms with Gasteiger partial charge in [-0.2, -0.15) is 0 Å². The first-order valence-corrected chi connectivity index (χ1v) is 7.87. The van der Waals surface area contributed by atoms with Crippen LogP contribution in [0.25, 0.3) is 0 Å². The highest BCUT2D eigenvalue weighted by Crippen LogP contribution is 2.33. The molecule has 0 radical (unpaired) electrons. The fourth-order valence-electron chi connectivity index (χ4n) is 3.43. The second-order valence-corrected chi connectivity index (χ2v) is 6.05. The number of rotatable bonds is 5. The Hall–Kier alpha value is -2.11. The molecule has 1 aromatic heterocycles. The normalized spacial score (nSPS) is 22.1. The van der Waals surface area contributed by atoms with E-state index in [1.54, 1.807) is 0 Å². The third kappa shape index (κ3) is 3.46. The Bertz CT molecular complexity index is 652. The predicted molar refractivity (Wildman–Crippen MR) is 85.3 cm³/mol. The van der Waals surface area contributed by atoms with Gasteiger partial charge in [-0.3, -0.25) is 4.90 Å². The van der Waals surface area contributed by atoms with Crippen LogP contribution in [0.2, 0.25) is 0 Å². The first-order chi connectivity index (χ1) is 11.2. The standard InChI is InChI=1S/C18H21NO4/c20-12-14-10-19(11-17-16(18(21)22)7-9-23-17)8-6-15(14)13-4-2-1-3-5-13/h1-5,7,9,14-15,20H,6,8,10-12H2,(H,21,22)/t14-,15+/m0/s1. The van der Waals surface area contributed by atoms with Gasteiger partial charge in [0.2, 0.25) is 0 Å². The molecule has 5 heteroatoms. The Morgan fingerprint density at radius 1 is 1.26 bits per heavy atom. The number of carboxylic acid groups (broad SMARTS) is 1. The van der Waals surface area contributed by atoms with Crippen LogP contribution in [0.1, 0.15) is 34.0 Å². The van der Waals surface area contributed by atoms with Crippen LogP contribution in [0, 0.1) is 5.92 Å². The monoisotopic (exact) mass is 315 g/mol. The van der Waals surface area contributed by atoms with Gasteiger partial charge < -0.3 is 14.6 Å². The summed E-state index contributed by atoms with van der Waals surface area (Å²) >= 11 is 0. The summed E-state index contributed by atoms with van der Waals surface area (Å²) in [5, 5.41) is 18.9. The average molecular weight is 315 g/mol. The molecule has 0 bridgehead atoms. The van der Waals surface area contributed by atoms with Crippen molar-refractivity contribution >= 4 is 5.97 Å². The number of carboxylic acids is 1. The van der Waals surface area contributed by atoms with Crippen LogP contribution in [0.15, 0.2) is 47.1 Å². The van der Waals surface area contributed by atoms with Crippen LogP contribution < -0.4 is 0 Å². The topological polar surface area (TPSA) is 73.9 Å². The lowest BCUT2D eigenvalue weighted by Crippen LogP contribution is -2.40. The van der Waals surface area contributed by atoms with E-state index in [0.717, 1.165) is 19.5 Å². The van der Waals surface area contributed by atoms with Crippen LogP contribution in [0.3, 0.4) is 0 Å². The summed E-state index contributed by atoms with van der Waals surface area (Å²) < 4.78 is 5.32. The van der Waals surface area contributed by atoms with Crippen LogP contribution in [-0.4, -0.2) is 40.8 Å². The van der Waals surface area contributed by atoms with Crippen molar-refractivity contribution in [1.29, 1.82) is 0 Å². The van der Waals surface area contributed by atoms with Gasteiger partial charge in [0.25, 0.3) is 0 Å². The molecule has 2 N–H and O–H groups in total. The first kappa shape index (κ1) is 15.8. The van der Waals surface area contributed by atoms with Crippen molar-refractivity contribution in [2.24, 2.45) is 5.92 Å². The van der Waals surface area contributed by atoms with Gasteiger partial charge in [0.15, 0.2) is 0 Å². The second kappa shape index (κ2) is 6.98. The molecule has 1 aliphatic rings. The van der Waals surface area contributed by atoms with Crippen LogP contribution >= 0.6 is 0 Å². The average Bonchev–Trinajstić information content (AvgIpc) is 3.04. The molecule has 0 unspecified atom stereocenters. The molecule has 0 spiro atoms. The van der Waals surface area contributed by atoms with Crippen molar-refractivity contribution in [2.45, 2.75) is 18.9 Å². The highest BCUT2D eigenvalue weighted by atomic mass is 16.4. The van der Waals surface area contributed by atoms with E-state index in [-0.39, 0.29) is 18.1 Å². The number of aliphatic hydroxyl groups excluding tert-OH is 1. The Kier molecular flexibility index (Phi) is 4.79. The van der Waals surface area contributed by atoms with Crippen molar-refractivity contribution in [3.05, 3.63) is 59.5 Å². The zero-order chi connectivity index (χ0) is 16.2. The minimum atomic E-state index is -0.966. The Labute approximate surface area is 135 Å². The first-order valence-electron chi connectivity index (χ1n) is 7.87. The third-order valence-corrected chi connectivity index (χ3v) is 4.62. The summed E-state index contributed by atoms with van der Waals surface area (Å²) in [6, 6.07) is 11.8. The number of aromatic carboxylic acids is 1. The van der Waals surface area contributed by atoms with Crippen molar-refractivity contribution in [1.82, 2.24) is 4.90 Å². The molecule has 5 nitrogen and oxygen atoms in total. The lowest BCUT2D eigenvalue weighted by Gasteiger charge is -2.37. The molecule has 0 saturated carbocycles. The smallest absolute Gasteiger partial charge is 0.339 e. The Morgan fingerprint density at radius 2 is 2.04 bits per heavy atom. The molecule has 0 amide bonds. The fourth-order valence-corrected chi connectivity index (χ4v) is 3.43. The van der Waals surface area contributed by atoms with Gasteiger partial charge in [0, 0.05) is 19.1 Å². The maximum absolute atomic E-state index is 11.2. The predicted octanol–water partition coefficient (Wildman–Crippen LogP) is 2.58. The third-order valence-electron chi connectivity index (χ3n) is 4.62. The maximum Gasteiger partial charge on any atom is 0.339 e. The number of carbonyl (C=O) groups is 1. The molecular weight excluding hydrogens is 294 g/mol. The molecule has 122 valence electrons. The summed E-state index contributed by atoms with van der Waals surface area (Å²) in [5.74, 6) is 0.00126. The number of aliphatic hydroxyl groups is 1. The highest BCUT2D eigenvalue weighted by molar-refractivity contribution is 5.88. The molecule has 0 aliphatic carbocycles. The number of piperidine rings is 1. The number of nitrogens with zero attached hydrogens (tertiary/aromatic N) is 1. The zero-order valence-electron chi connectivity index (χ0n) is 12.9. The van der Waals surface area contributed by atoms with Gasteiger partial charge in [0.1, 0.15) is 11.3 Å². The van der Waals surface area contributed by atoms with Crippen LogP contribution in [-0.2, 0) is 6.54 Å². The maximum atomic E-state index is 11.2. The Balaban J connectivity index is 1.69. The van der Waals surface area contributed by atoms with Gasteiger partial charge in [-0.05, 0) is 30.5 Å². The number of furan rings is 1. The lowest BCUT2D eigenvalue weighted by atomic mass is 9.81. The second-order valence-electron chi connectivity index (χ2n) is 6.05. The highest BCUT2D eigenvalue weighted by Gasteiger charge is 2.30. The molecule has 1 saturated heterocycles. The van der Waals surface area contributed by atoms with Crippen molar-refractivity contribution in [3.63, 3.8) is 0 Å². The minimum Gasteiger partial charge on any atom is -0.478 e. The quantitative estimate of drug-likeness (QED) is 0.887. The van der Waals surface area contributed by atoms with Gasteiger partial charge in [-0.15, -0.1) is 0 Å². The summed E-state index contributed by atoms with van der Waals surface area (Å²) in [6.45, 7) is 2.18. The molecule has 2 heterocycles. The van der Waals surface area contributed by atoms with E-state index in [1.807, 2.05) is 18.2 Å². The van der Waals surface area contributed by atoms with Crippen molar-refractivity contribution in [2.75, 3.05) is 19.7 Å². The molecule has 2 aromatic rings. The van der Waals surface area contributed by atoms with Crippen molar-refractivity contribution < 1.29 is 19.4 Å². The van der Waals surface area contributed by atoms with E-state index >= 15 is 0 Å². The molecule has 1 aromatic carbocycles. The minimum absolute atomic E-state index is 0.125. The summed E-state index contributed by atoms with van der Waals surface area (Å²) in [7, 11) is 0. The van der Waals surface area contributed by atoms with E-state index in [9.17, 15) is 9.90 Å². The molecule has 1 aliphatic heterocycles. The Morgan fingerprint density at radius 3 is 2.74 bits per heavy atom. The number of hydrogen-bond acceptors (Lipinski definition) is 4. The molecular formula is C18H21NO4. The van der Waals surface area contributed by atoms with Crippen LogP contribution in [0.5, 0.6) is 0 Å². The van der Waals surface area contributed by atoms with Gasteiger partial charge >= 0.3 is 5.97 Å². The molecule has 23 heavy (non-hydrogen) atoms. The van der Waals surface area contributed by atoms with Crippen LogP contribution in [0.4, 0.5) is 0 Å². The fraction of sp³-hybridized carbons (Fsp3) is 0.389. The largest absolute Gasteiger partial charge is 0.478 e. The van der Waals surface area contributed by atoms with E-state index in [0.29, 0.717) is 18.2 Å². The van der Waals surface area contributed by atoms with E-state index < -0.39 is 5.97 Å². The van der Waals surface area contributed by atoms with Gasteiger partial charge in [0.05, 0.1) is 12.8 Å². The number of likely N-dealkylation sites (tertiary alicyclic amines) is 1. The molecule has 1 fully saturated rings. The zero-order valence-corrected chi connectivity index (χ0v) is 12.9. The summed E-state index contributed by atoms with van der Waals surface area (Å²) in [5.41, 5.74) is 1.48. The SMILES string of the molecule is O=C(O)c1ccoc1CN1CC[C@H](c2ccccc2)[C@H](CO)C1. The molecule has 3 rings (SSSR count). The van der Waals surface area contributed by atoms with Crippen molar-refractivity contribution in [3.8, 4) is 0 Å². The van der Waals surface area contributed by atoms with Gasteiger partial charge in [-0.25, -0.2) is 4.79 Å². The number of hydrogen-bond donors (Lipinski definition) is 2. The summed E-state index contributed by atoms with van der Waals surface area (Å²) in [6.07, 6.45) is 2.36. The van der Waals surface area contributed by atoms with E-state index in [1.165, 1.54) is 17.9 Å². The molecule has 2 atom stereocenters. The van der Waals surface area contributed by atoms with Gasteiger partial charge in [-0.1, -0.05) is 30.3 Å².